The van der Waals surface area contributed by atoms with Gasteiger partial charge in [0.05, 0.1) is 5.69 Å². The molecule has 1 atom stereocenters. The van der Waals surface area contributed by atoms with Crippen molar-refractivity contribution in [3.63, 3.8) is 0 Å². The summed E-state index contributed by atoms with van der Waals surface area (Å²) in [6.07, 6.45) is 4.65. The van der Waals surface area contributed by atoms with E-state index in [0.29, 0.717) is 11.9 Å². The Hall–Kier alpha value is -1.34. The highest BCUT2D eigenvalue weighted by molar-refractivity contribution is 5.85. The summed E-state index contributed by atoms with van der Waals surface area (Å²) in [5.41, 5.74) is 2.02. The van der Waals surface area contributed by atoms with Gasteiger partial charge in [0.25, 0.3) is 0 Å². The number of rotatable bonds is 2. The van der Waals surface area contributed by atoms with Crippen molar-refractivity contribution in [1.29, 1.82) is 0 Å². The van der Waals surface area contributed by atoms with E-state index < -0.39 is 0 Å². The van der Waals surface area contributed by atoms with Crippen molar-refractivity contribution in [2.24, 2.45) is 0 Å². The summed E-state index contributed by atoms with van der Waals surface area (Å²) < 4.78 is 1.57. The first-order valence-corrected chi connectivity index (χ1v) is 7.99. The summed E-state index contributed by atoms with van der Waals surface area (Å²) in [6.45, 7) is 4.30. The second kappa shape index (κ2) is 8.16. The smallest absolute Gasteiger partial charge is 0.219 e. The topological polar surface area (TPSA) is 66.2 Å². The zero-order chi connectivity index (χ0) is 14.9. The molecule has 0 spiro atoms. The van der Waals surface area contributed by atoms with Crippen LogP contribution in [0.3, 0.4) is 0 Å². The van der Waals surface area contributed by atoms with Crippen molar-refractivity contribution < 1.29 is 5.11 Å². The van der Waals surface area contributed by atoms with E-state index in [1.165, 1.54) is 0 Å². The summed E-state index contributed by atoms with van der Waals surface area (Å²) in [5, 5.41) is 18.5. The van der Waals surface area contributed by atoms with Crippen LogP contribution in [0.5, 0.6) is 5.88 Å². The van der Waals surface area contributed by atoms with Gasteiger partial charge in [-0.2, -0.15) is 9.78 Å². The predicted octanol–water partition coefficient (Wildman–Crippen LogP) is 1.58. The lowest BCUT2D eigenvalue weighted by molar-refractivity contribution is 0.158. The van der Waals surface area contributed by atoms with Crippen LogP contribution in [0.4, 0.5) is 0 Å². The van der Waals surface area contributed by atoms with E-state index in [0.717, 1.165) is 56.7 Å². The average Bonchev–Trinajstić information content (AvgIpc) is 2.93. The van der Waals surface area contributed by atoms with Gasteiger partial charge < -0.3 is 10.4 Å². The average molecular weight is 372 g/mol. The summed E-state index contributed by atoms with van der Waals surface area (Å²) in [4.78, 5) is 6.82. The molecule has 1 fully saturated rings. The van der Waals surface area contributed by atoms with E-state index in [2.05, 4.69) is 20.3 Å². The van der Waals surface area contributed by atoms with Gasteiger partial charge in [0.2, 0.25) is 5.88 Å². The van der Waals surface area contributed by atoms with E-state index in [4.69, 9.17) is 0 Å². The van der Waals surface area contributed by atoms with Gasteiger partial charge in [-0.05, 0) is 31.4 Å². The zero-order valence-electron chi connectivity index (χ0n) is 13.4. The number of nitrogens with zero attached hydrogens (tertiary/aromatic N) is 4. The molecule has 8 heteroatoms. The summed E-state index contributed by atoms with van der Waals surface area (Å²) in [6, 6.07) is 6.16. The maximum Gasteiger partial charge on any atom is 0.219 e. The Labute approximate surface area is 154 Å². The first-order chi connectivity index (χ1) is 10.8. The third kappa shape index (κ3) is 3.52. The fraction of sp³-hybridized carbons (Fsp3) is 0.500. The number of pyridine rings is 1. The van der Waals surface area contributed by atoms with E-state index in [-0.39, 0.29) is 30.7 Å². The normalized spacial score (nSPS) is 20.6. The number of hydrogen-bond acceptors (Lipinski definition) is 5. The van der Waals surface area contributed by atoms with Crippen LogP contribution in [0.1, 0.15) is 17.7 Å². The van der Waals surface area contributed by atoms with Gasteiger partial charge in [0.1, 0.15) is 0 Å². The number of aryl methyl sites for hydroxylation is 1. The monoisotopic (exact) mass is 371 g/mol. The first kappa shape index (κ1) is 19.0. The highest BCUT2D eigenvalue weighted by atomic mass is 35.5. The number of hydrogen-bond donors (Lipinski definition) is 2. The SMILES string of the molecule is Cl.Cl.Oc1c2c(nn1-c1ccccn1)CCC(N1CCNCC1)C2. The van der Waals surface area contributed by atoms with Crippen LogP contribution in [-0.4, -0.2) is 57.0 Å². The Morgan fingerprint density at radius 2 is 1.96 bits per heavy atom. The molecule has 2 aromatic rings. The number of aromatic hydroxyl groups is 1. The van der Waals surface area contributed by atoms with Crippen molar-refractivity contribution in [3.8, 4) is 11.7 Å². The molecule has 0 bridgehead atoms. The molecule has 0 saturated carbocycles. The maximum absolute atomic E-state index is 10.6. The van der Waals surface area contributed by atoms with E-state index in [1.807, 2.05) is 18.2 Å². The van der Waals surface area contributed by atoms with Crippen LogP contribution in [-0.2, 0) is 12.8 Å². The van der Waals surface area contributed by atoms with Crippen LogP contribution in [0, 0.1) is 0 Å². The highest BCUT2D eigenvalue weighted by Crippen LogP contribution is 2.32. The quantitative estimate of drug-likeness (QED) is 0.838. The molecule has 3 heterocycles. The second-order valence-corrected chi connectivity index (χ2v) is 6.03. The van der Waals surface area contributed by atoms with Gasteiger partial charge in [-0.3, -0.25) is 4.90 Å². The van der Waals surface area contributed by atoms with Crippen molar-refractivity contribution >= 4 is 24.8 Å². The molecule has 4 rings (SSSR count). The van der Waals surface area contributed by atoms with Gasteiger partial charge >= 0.3 is 0 Å². The van der Waals surface area contributed by atoms with Crippen molar-refractivity contribution in [1.82, 2.24) is 25.0 Å². The molecule has 24 heavy (non-hydrogen) atoms. The van der Waals surface area contributed by atoms with Crippen LogP contribution >= 0.6 is 24.8 Å². The van der Waals surface area contributed by atoms with Gasteiger partial charge in [-0.1, -0.05) is 6.07 Å². The largest absolute Gasteiger partial charge is 0.493 e. The van der Waals surface area contributed by atoms with E-state index in [1.54, 1.807) is 10.9 Å². The second-order valence-electron chi connectivity index (χ2n) is 6.03. The predicted molar refractivity (Wildman–Crippen MR) is 97.8 cm³/mol. The highest BCUT2D eigenvalue weighted by Gasteiger charge is 2.30. The summed E-state index contributed by atoms with van der Waals surface area (Å²) in [5.74, 6) is 0.932. The van der Waals surface area contributed by atoms with Crippen LogP contribution in [0.2, 0.25) is 0 Å². The van der Waals surface area contributed by atoms with Crippen molar-refractivity contribution in [3.05, 3.63) is 35.7 Å². The lowest BCUT2D eigenvalue weighted by atomic mass is 9.91. The number of fused-ring (bicyclic) bond motifs is 1. The minimum absolute atomic E-state index is 0. The number of aromatic nitrogens is 3. The molecule has 132 valence electrons. The minimum atomic E-state index is 0. The lowest BCUT2D eigenvalue weighted by Crippen LogP contribution is -2.50. The molecule has 6 nitrogen and oxygen atoms in total. The number of nitrogens with one attached hydrogen (secondary N) is 1. The fourth-order valence-corrected chi connectivity index (χ4v) is 3.53. The maximum atomic E-state index is 10.6. The lowest BCUT2D eigenvalue weighted by Gasteiger charge is -2.36. The third-order valence-electron chi connectivity index (χ3n) is 4.73. The van der Waals surface area contributed by atoms with Crippen molar-refractivity contribution in [2.75, 3.05) is 26.2 Å². The van der Waals surface area contributed by atoms with Gasteiger partial charge in [0, 0.05) is 44.0 Å². The van der Waals surface area contributed by atoms with E-state index in [9.17, 15) is 5.11 Å². The van der Waals surface area contributed by atoms with E-state index >= 15 is 0 Å². The molecule has 1 aliphatic heterocycles. The molecular weight excluding hydrogens is 349 g/mol. The van der Waals surface area contributed by atoms with Crippen LogP contribution in [0.25, 0.3) is 5.82 Å². The molecule has 0 radical (unpaired) electrons. The summed E-state index contributed by atoms with van der Waals surface area (Å²) in [7, 11) is 0. The Bertz CT molecular complexity index is 658. The molecule has 1 unspecified atom stereocenters. The Morgan fingerprint density at radius 3 is 2.67 bits per heavy atom. The molecular formula is C16H23Cl2N5O. The minimum Gasteiger partial charge on any atom is -0.493 e. The standard InChI is InChI=1S/C16H21N5O.2ClH/c22-16-13-11-12(20-9-7-17-8-10-20)4-5-14(13)19-21(16)15-3-1-2-6-18-15;;/h1-3,6,12,17,22H,4-5,7-11H2;2*1H. The Morgan fingerprint density at radius 1 is 1.17 bits per heavy atom. The molecule has 1 aliphatic carbocycles. The number of piperazine rings is 1. The number of halogens is 2. The molecule has 0 amide bonds. The fourth-order valence-electron chi connectivity index (χ4n) is 3.53. The molecule has 2 N–H and O–H groups in total. The van der Waals surface area contributed by atoms with Crippen molar-refractivity contribution in [2.45, 2.75) is 25.3 Å². The first-order valence-electron chi connectivity index (χ1n) is 7.99. The molecule has 2 aromatic heterocycles. The van der Waals surface area contributed by atoms with Gasteiger partial charge in [-0.15, -0.1) is 24.8 Å². The zero-order valence-corrected chi connectivity index (χ0v) is 15.0. The Balaban J connectivity index is 0.00000104. The third-order valence-corrected chi connectivity index (χ3v) is 4.73. The molecule has 2 aliphatic rings. The van der Waals surface area contributed by atoms with Gasteiger partial charge in [-0.25, -0.2) is 4.98 Å². The molecule has 1 saturated heterocycles. The summed E-state index contributed by atoms with van der Waals surface area (Å²) >= 11 is 0. The Kier molecular flexibility index (Phi) is 6.46. The van der Waals surface area contributed by atoms with Crippen LogP contribution < -0.4 is 5.32 Å². The van der Waals surface area contributed by atoms with Crippen LogP contribution in [0.15, 0.2) is 24.4 Å². The molecule has 0 aromatic carbocycles. The van der Waals surface area contributed by atoms with Gasteiger partial charge in [0.15, 0.2) is 5.82 Å².